The second kappa shape index (κ2) is 8.48. The van der Waals surface area contributed by atoms with Crippen molar-refractivity contribution in [1.82, 2.24) is 0 Å². The second-order valence-corrected chi connectivity index (χ2v) is 5.07. The number of hydrogen-bond donors (Lipinski definition) is 0. The van der Waals surface area contributed by atoms with Crippen LogP contribution in [0.3, 0.4) is 0 Å². The summed E-state index contributed by atoms with van der Waals surface area (Å²) in [4.78, 5) is 34.1. The minimum Gasteiger partial charge on any atom is -0.463 e. The molecule has 3 atom stereocenters. The zero-order valence-electron chi connectivity index (χ0n) is 13.2. The van der Waals surface area contributed by atoms with Crippen molar-refractivity contribution in [2.75, 3.05) is 13.2 Å². The Hall–Kier alpha value is -1.95. The van der Waals surface area contributed by atoms with E-state index in [1.54, 1.807) is 19.1 Å². The lowest BCUT2D eigenvalue weighted by Crippen LogP contribution is -2.39. The summed E-state index contributed by atoms with van der Waals surface area (Å²) in [6.45, 7) is 8.42. The topological polar surface area (TPSA) is 78.9 Å². The zero-order valence-corrected chi connectivity index (χ0v) is 13.2. The molecule has 0 aromatic rings. The van der Waals surface area contributed by atoms with Gasteiger partial charge in [0.2, 0.25) is 0 Å². The first kappa shape index (κ1) is 18.1. The van der Waals surface area contributed by atoms with Crippen LogP contribution in [0, 0.1) is 5.92 Å². The van der Waals surface area contributed by atoms with E-state index >= 15 is 0 Å². The van der Waals surface area contributed by atoms with Crippen LogP contribution in [0.15, 0.2) is 24.3 Å². The van der Waals surface area contributed by atoms with Gasteiger partial charge in [-0.25, -0.2) is 4.79 Å². The molecule has 0 unspecified atom stereocenters. The van der Waals surface area contributed by atoms with E-state index < -0.39 is 30.1 Å². The zero-order chi connectivity index (χ0) is 16.7. The van der Waals surface area contributed by atoms with E-state index in [2.05, 4.69) is 6.58 Å². The molecule has 0 fully saturated rings. The van der Waals surface area contributed by atoms with Crippen LogP contribution >= 0.6 is 0 Å². The van der Waals surface area contributed by atoms with Crippen LogP contribution in [-0.4, -0.2) is 43.1 Å². The summed E-state index contributed by atoms with van der Waals surface area (Å²) in [5.41, 5.74) is 0.295. The summed E-state index contributed by atoms with van der Waals surface area (Å²) >= 11 is 0. The summed E-state index contributed by atoms with van der Waals surface area (Å²) in [6.07, 6.45) is 2.74. The number of rotatable bonds is 7. The molecule has 1 aliphatic heterocycles. The lowest BCUT2D eigenvalue weighted by atomic mass is 9.93. The molecule has 0 N–H and O–H groups in total. The van der Waals surface area contributed by atoms with E-state index in [9.17, 15) is 14.4 Å². The Bertz CT molecular complexity index is 479. The lowest BCUT2D eigenvalue weighted by molar-refractivity contribution is -0.151. The number of carbonyl (C=O) groups is 3. The molecule has 1 heterocycles. The van der Waals surface area contributed by atoms with Crippen LogP contribution in [-0.2, 0) is 28.6 Å². The Morgan fingerprint density at radius 3 is 2.41 bits per heavy atom. The van der Waals surface area contributed by atoms with Gasteiger partial charge in [0.25, 0.3) is 0 Å². The van der Waals surface area contributed by atoms with Gasteiger partial charge in [-0.05, 0) is 13.8 Å². The van der Waals surface area contributed by atoms with E-state index in [1.165, 1.54) is 13.8 Å². The van der Waals surface area contributed by atoms with Gasteiger partial charge in [-0.15, -0.1) is 0 Å². The van der Waals surface area contributed by atoms with Gasteiger partial charge in [0.15, 0.2) is 0 Å². The van der Waals surface area contributed by atoms with Crippen molar-refractivity contribution >= 4 is 17.7 Å². The van der Waals surface area contributed by atoms with Gasteiger partial charge in [0.05, 0.1) is 18.6 Å². The third-order valence-corrected chi connectivity index (χ3v) is 3.22. The number of ketones is 1. The molecule has 6 heteroatoms. The molecule has 1 rings (SSSR count). The van der Waals surface area contributed by atoms with Gasteiger partial charge in [-0.2, -0.15) is 0 Å². The SMILES string of the molecule is C=C(C[C@@H]1C=C[C@H](C(C)=O)[C@@H](COC(C)=O)O1)C(=O)OCC. The maximum absolute atomic E-state index is 11.6. The molecule has 0 saturated heterocycles. The average Bonchev–Trinajstić information content (AvgIpc) is 2.45. The predicted molar refractivity (Wildman–Crippen MR) is 79.0 cm³/mol. The molecule has 0 spiro atoms. The molecule has 0 radical (unpaired) electrons. The van der Waals surface area contributed by atoms with E-state index in [1.807, 2.05) is 0 Å². The normalized spacial score (nSPS) is 23.7. The van der Waals surface area contributed by atoms with Gasteiger partial charge in [-0.1, -0.05) is 18.7 Å². The van der Waals surface area contributed by atoms with Gasteiger partial charge >= 0.3 is 11.9 Å². The van der Waals surface area contributed by atoms with Crippen molar-refractivity contribution in [2.45, 2.75) is 39.4 Å². The molecule has 0 bridgehead atoms. The Kier molecular flexibility index (Phi) is 6.98. The summed E-state index contributed by atoms with van der Waals surface area (Å²) in [7, 11) is 0. The molecule has 0 amide bonds. The fourth-order valence-electron chi connectivity index (χ4n) is 2.14. The third-order valence-electron chi connectivity index (χ3n) is 3.22. The highest BCUT2D eigenvalue weighted by atomic mass is 16.6. The highest BCUT2D eigenvalue weighted by Crippen LogP contribution is 2.24. The number of ether oxygens (including phenoxy) is 3. The van der Waals surface area contributed by atoms with E-state index in [0.717, 1.165) is 0 Å². The highest BCUT2D eigenvalue weighted by Gasteiger charge is 2.31. The van der Waals surface area contributed by atoms with E-state index in [-0.39, 0.29) is 25.4 Å². The molecule has 0 aliphatic carbocycles. The molecular weight excluding hydrogens is 288 g/mol. The van der Waals surface area contributed by atoms with Crippen LogP contribution in [0.5, 0.6) is 0 Å². The van der Waals surface area contributed by atoms with Gasteiger partial charge in [0, 0.05) is 18.9 Å². The van der Waals surface area contributed by atoms with Crippen LogP contribution in [0.4, 0.5) is 0 Å². The van der Waals surface area contributed by atoms with Crippen molar-refractivity contribution in [2.24, 2.45) is 5.92 Å². The maximum atomic E-state index is 11.6. The molecule has 1 aliphatic rings. The molecule has 6 nitrogen and oxygen atoms in total. The number of esters is 2. The van der Waals surface area contributed by atoms with E-state index in [0.29, 0.717) is 5.57 Å². The van der Waals surface area contributed by atoms with Crippen molar-refractivity contribution in [3.05, 3.63) is 24.3 Å². The van der Waals surface area contributed by atoms with Gasteiger partial charge < -0.3 is 14.2 Å². The first-order valence-electron chi connectivity index (χ1n) is 7.17. The smallest absolute Gasteiger partial charge is 0.333 e. The molecule has 0 saturated carbocycles. The van der Waals surface area contributed by atoms with Crippen molar-refractivity contribution < 1.29 is 28.6 Å². The first-order valence-corrected chi connectivity index (χ1v) is 7.17. The first-order chi connectivity index (χ1) is 10.3. The largest absolute Gasteiger partial charge is 0.463 e. The Labute approximate surface area is 130 Å². The summed E-state index contributed by atoms with van der Waals surface area (Å²) < 4.78 is 15.6. The minimum absolute atomic E-state index is 0.00764. The quantitative estimate of drug-likeness (QED) is 0.403. The molecule has 22 heavy (non-hydrogen) atoms. The molecular formula is C16H22O6. The van der Waals surface area contributed by atoms with Crippen molar-refractivity contribution in [3.63, 3.8) is 0 Å². The maximum Gasteiger partial charge on any atom is 0.333 e. The number of carbonyl (C=O) groups excluding carboxylic acids is 3. The standard InChI is InChI=1S/C16H22O6/c1-5-20-16(19)10(2)8-13-6-7-14(11(3)17)15(22-13)9-21-12(4)18/h6-7,13-15H,2,5,8-9H2,1,3-4H3/t13-,14+,15+/m0/s1. The minimum atomic E-state index is -0.564. The summed E-state index contributed by atoms with van der Waals surface area (Å²) in [6, 6.07) is 0. The third kappa shape index (κ3) is 5.44. The fraction of sp³-hybridized carbons (Fsp3) is 0.562. The van der Waals surface area contributed by atoms with Gasteiger partial charge in [-0.3, -0.25) is 9.59 Å². The molecule has 122 valence electrons. The fourth-order valence-corrected chi connectivity index (χ4v) is 2.14. The van der Waals surface area contributed by atoms with Crippen molar-refractivity contribution in [1.29, 1.82) is 0 Å². The second-order valence-electron chi connectivity index (χ2n) is 5.07. The van der Waals surface area contributed by atoms with Gasteiger partial charge in [0.1, 0.15) is 18.5 Å². The number of Topliss-reactive ketones (excluding diaryl/α,β-unsaturated/α-hetero) is 1. The van der Waals surface area contributed by atoms with Crippen LogP contribution in [0.25, 0.3) is 0 Å². The highest BCUT2D eigenvalue weighted by molar-refractivity contribution is 5.87. The summed E-state index contributed by atoms with van der Waals surface area (Å²) in [5.74, 6) is -1.44. The average molecular weight is 310 g/mol. The van der Waals surface area contributed by atoms with Crippen molar-refractivity contribution in [3.8, 4) is 0 Å². The van der Waals surface area contributed by atoms with Crippen LogP contribution in [0.1, 0.15) is 27.2 Å². The molecule has 0 aromatic carbocycles. The Balaban J connectivity index is 2.69. The number of hydrogen-bond acceptors (Lipinski definition) is 6. The molecule has 0 aromatic heterocycles. The predicted octanol–water partition coefficient (Wildman–Crippen LogP) is 1.59. The van der Waals surface area contributed by atoms with Crippen LogP contribution in [0.2, 0.25) is 0 Å². The van der Waals surface area contributed by atoms with Crippen LogP contribution < -0.4 is 0 Å². The monoisotopic (exact) mass is 310 g/mol. The Morgan fingerprint density at radius 2 is 1.86 bits per heavy atom. The Morgan fingerprint density at radius 1 is 1.18 bits per heavy atom. The summed E-state index contributed by atoms with van der Waals surface area (Å²) in [5, 5.41) is 0. The van der Waals surface area contributed by atoms with E-state index in [4.69, 9.17) is 14.2 Å². The lowest BCUT2D eigenvalue weighted by Gasteiger charge is -2.31.